The average molecular weight is 490 g/mol. The lowest BCUT2D eigenvalue weighted by Crippen LogP contribution is -2.45. The molecule has 0 unspecified atom stereocenters. The molecule has 1 aliphatic rings. The van der Waals surface area contributed by atoms with E-state index in [2.05, 4.69) is 25.6 Å². The van der Waals surface area contributed by atoms with E-state index in [1.54, 1.807) is 35.2 Å². The number of likely N-dealkylation sites (tertiary alicyclic amines) is 1. The Balaban J connectivity index is 1.61. The molecule has 5 heterocycles. The van der Waals surface area contributed by atoms with Crippen LogP contribution in [0.5, 0.6) is 0 Å². The van der Waals surface area contributed by atoms with Gasteiger partial charge in [-0.1, -0.05) is 6.07 Å². The molecule has 1 fully saturated rings. The summed E-state index contributed by atoms with van der Waals surface area (Å²) < 4.78 is 1.68. The summed E-state index contributed by atoms with van der Waals surface area (Å²) in [5.74, 6) is 0.926. The van der Waals surface area contributed by atoms with Gasteiger partial charge in [0, 0.05) is 23.7 Å². The predicted octanol–water partition coefficient (Wildman–Crippen LogP) is 0.750. The number of aromatic nitrogens is 6. The van der Waals surface area contributed by atoms with Gasteiger partial charge in [-0.3, -0.25) is 24.2 Å². The van der Waals surface area contributed by atoms with Crippen LogP contribution < -0.4 is 10.6 Å². The molecule has 5 rings (SSSR count). The summed E-state index contributed by atoms with van der Waals surface area (Å²) in [6.07, 6.45) is 1.59. The first kappa shape index (κ1) is 23.7. The Morgan fingerprint density at radius 2 is 1.94 bits per heavy atom. The van der Waals surface area contributed by atoms with Gasteiger partial charge in [0.15, 0.2) is 22.8 Å². The minimum atomic E-state index is -1.20. The van der Waals surface area contributed by atoms with Gasteiger partial charge in [-0.15, -0.1) is 0 Å². The van der Waals surface area contributed by atoms with Crippen molar-refractivity contribution in [2.24, 2.45) is 0 Å². The number of aryl methyl sites for hydroxylation is 2. The number of amides is 1. The molecule has 1 saturated heterocycles. The molecule has 0 spiro atoms. The van der Waals surface area contributed by atoms with E-state index in [1.165, 1.54) is 0 Å². The van der Waals surface area contributed by atoms with Crippen molar-refractivity contribution in [1.82, 2.24) is 39.7 Å². The highest BCUT2D eigenvalue weighted by atomic mass is 16.3. The molecule has 186 valence electrons. The second kappa shape index (κ2) is 9.57. The molecule has 0 bridgehead atoms. The second-order valence-electron chi connectivity index (χ2n) is 8.88. The monoisotopic (exact) mass is 489 g/mol. The maximum absolute atomic E-state index is 11.1. The number of nitrogens with zero attached hydrogens (tertiary/aromatic N) is 7. The number of rotatable bonds is 7. The maximum Gasteiger partial charge on any atom is 0.208 e. The number of imidazole rings is 1. The van der Waals surface area contributed by atoms with Gasteiger partial charge in [0.1, 0.15) is 24.5 Å². The summed E-state index contributed by atoms with van der Waals surface area (Å²) in [6.45, 7) is 4.29. The summed E-state index contributed by atoms with van der Waals surface area (Å²) in [4.78, 5) is 35.6. The van der Waals surface area contributed by atoms with Crippen molar-refractivity contribution in [3.63, 3.8) is 0 Å². The van der Waals surface area contributed by atoms with Gasteiger partial charge in [0.25, 0.3) is 0 Å². The number of pyridine rings is 2. The number of hydrogen-bond acceptors (Lipinski definition) is 10. The molecule has 0 aliphatic carbocycles. The van der Waals surface area contributed by atoms with Crippen molar-refractivity contribution in [2.45, 2.75) is 44.9 Å². The molecule has 4 aromatic heterocycles. The van der Waals surface area contributed by atoms with Gasteiger partial charge in [0.2, 0.25) is 6.41 Å². The first-order valence-electron chi connectivity index (χ1n) is 11.5. The standard InChI is InChI=1S/C24H27N9O3/c1-13-7-15(9-25-8-13)20-30-21(26-10-16-6-4-5-14(2)29-16)17-22(31-20)33(11-27-17)24-19(36)18(35)23(28-12-34)32(24)3/h4-9,11-12,18-19,23-24,35-36H,10H2,1-3H3,(H,28,34)(H,26,30,31)/t18-,19+,23-,24-/m0/s1. The number of likely N-dealkylation sites (N-methyl/N-ethyl adjacent to an activating group) is 1. The molecule has 0 aromatic carbocycles. The lowest BCUT2D eigenvalue weighted by molar-refractivity contribution is -0.112. The van der Waals surface area contributed by atoms with Crippen LogP contribution in [0.2, 0.25) is 0 Å². The van der Waals surface area contributed by atoms with Crippen molar-refractivity contribution >= 4 is 23.4 Å². The molecule has 12 heteroatoms. The van der Waals surface area contributed by atoms with E-state index in [0.717, 1.165) is 22.5 Å². The highest BCUT2D eigenvalue weighted by Gasteiger charge is 2.47. The summed E-state index contributed by atoms with van der Waals surface area (Å²) >= 11 is 0. The third-order valence-corrected chi connectivity index (χ3v) is 6.30. The van der Waals surface area contributed by atoms with Gasteiger partial charge in [-0.25, -0.2) is 15.0 Å². The molecule has 1 aliphatic heterocycles. The SMILES string of the molecule is Cc1cncc(-c2nc(NCc3cccc(C)n3)c3ncn([C@H]4[C@H](O)[C@H](O)[C@@H](NC=O)N4C)c3n2)c1. The zero-order valence-electron chi connectivity index (χ0n) is 20.1. The zero-order valence-corrected chi connectivity index (χ0v) is 20.1. The van der Waals surface area contributed by atoms with Crippen LogP contribution in [0.1, 0.15) is 23.1 Å². The van der Waals surface area contributed by atoms with Crippen LogP contribution in [0.3, 0.4) is 0 Å². The molecule has 1 amide bonds. The van der Waals surface area contributed by atoms with Crippen LogP contribution in [0.15, 0.2) is 43.0 Å². The Morgan fingerprint density at radius 3 is 2.69 bits per heavy atom. The van der Waals surface area contributed by atoms with E-state index in [4.69, 9.17) is 9.97 Å². The summed E-state index contributed by atoms with van der Waals surface area (Å²) in [6, 6.07) is 7.74. The number of hydrogen-bond donors (Lipinski definition) is 4. The van der Waals surface area contributed by atoms with Gasteiger partial charge >= 0.3 is 0 Å². The number of aliphatic hydroxyl groups is 2. The third-order valence-electron chi connectivity index (χ3n) is 6.30. The molecule has 0 saturated carbocycles. The molecule has 12 nitrogen and oxygen atoms in total. The Labute approximate surface area is 207 Å². The van der Waals surface area contributed by atoms with Crippen molar-refractivity contribution in [3.05, 3.63) is 59.9 Å². The van der Waals surface area contributed by atoms with Crippen LogP contribution in [0.25, 0.3) is 22.6 Å². The van der Waals surface area contributed by atoms with Crippen molar-refractivity contribution in [1.29, 1.82) is 0 Å². The lowest BCUT2D eigenvalue weighted by Gasteiger charge is -2.26. The Morgan fingerprint density at radius 1 is 1.11 bits per heavy atom. The van der Waals surface area contributed by atoms with E-state index in [0.29, 0.717) is 35.8 Å². The maximum atomic E-state index is 11.1. The number of carbonyl (C=O) groups excluding carboxylic acids is 1. The van der Waals surface area contributed by atoms with Crippen molar-refractivity contribution in [3.8, 4) is 11.4 Å². The first-order valence-corrected chi connectivity index (χ1v) is 11.5. The fourth-order valence-electron chi connectivity index (χ4n) is 4.57. The molecular formula is C24H27N9O3. The van der Waals surface area contributed by atoms with E-state index in [-0.39, 0.29) is 0 Å². The van der Waals surface area contributed by atoms with Gasteiger partial charge in [-0.05, 0) is 44.7 Å². The summed E-state index contributed by atoms with van der Waals surface area (Å²) in [5, 5.41) is 27.3. The Kier molecular flexibility index (Phi) is 6.31. The Hall–Kier alpha value is -4.00. The third kappa shape index (κ3) is 4.26. The highest BCUT2D eigenvalue weighted by molar-refractivity contribution is 5.85. The Bertz CT molecular complexity index is 1410. The van der Waals surface area contributed by atoms with E-state index in [9.17, 15) is 15.0 Å². The number of nitrogens with one attached hydrogen (secondary N) is 2. The lowest BCUT2D eigenvalue weighted by atomic mass is 10.2. The quantitative estimate of drug-likeness (QED) is 0.273. The fraction of sp³-hybridized carbons (Fsp3) is 0.333. The average Bonchev–Trinajstić information content (AvgIpc) is 3.37. The van der Waals surface area contributed by atoms with Crippen LogP contribution in [-0.4, -0.2) is 76.4 Å². The molecule has 4 N–H and O–H groups in total. The number of carbonyl (C=O) groups is 1. The van der Waals surface area contributed by atoms with Crippen LogP contribution in [0.4, 0.5) is 5.82 Å². The van der Waals surface area contributed by atoms with Gasteiger partial charge in [0.05, 0.1) is 18.6 Å². The largest absolute Gasteiger partial charge is 0.387 e. The molecule has 0 radical (unpaired) electrons. The van der Waals surface area contributed by atoms with Gasteiger partial charge in [-0.2, -0.15) is 0 Å². The van der Waals surface area contributed by atoms with Crippen LogP contribution >= 0.6 is 0 Å². The van der Waals surface area contributed by atoms with Gasteiger partial charge < -0.3 is 20.8 Å². The van der Waals surface area contributed by atoms with E-state index in [1.807, 2.05) is 38.1 Å². The molecule has 4 atom stereocenters. The fourth-order valence-corrected chi connectivity index (χ4v) is 4.57. The number of aliphatic hydroxyl groups excluding tert-OH is 2. The summed E-state index contributed by atoms with van der Waals surface area (Å²) in [5.41, 5.74) is 4.39. The predicted molar refractivity (Wildman–Crippen MR) is 131 cm³/mol. The number of fused-ring (bicyclic) bond motifs is 1. The second-order valence-corrected chi connectivity index (χ2v) is 8.88. The van der Waals surface area contributed by atoms with Crippen molar-refractivity contribution < 1.29 is 15.0 Å². The van der Waals surface area contributed by atoms with Crippen LogP contribution in [-0.2, 0) is 11.3 Å². The molecular weight excluding hydrogens is 462 g/mol. The first-order chi connectivity index (χ1) is 17.4. The molecule has 36 heavy (non-hydrogen) atoms. The molecule has 4 aromatic rings. The summed E-state index contributed by atoms with van der Waals surface area (Å²) in [7, 11) is 1.70. The van der Waals surface area contributed by atoms with Crippen LogP contribution in [0, 0.1) is 13.8 Å². The smallest absolute Gasteiger partial charge is 0.208 e. The van der Waals surface area contributed by atoms with Crippen molar-refractivity contribution in [2.75, 3.05) is 12.4 Å². The zero-order chi connectivity index (χ0) is 25.4. The topological polar surface area (TPSA) is 154 Å². The van der Waals surface area contributed by atoms with E-state index >= 15 is 0 Å². The van der Waals surface area contributed by atoms with E-state index < -0.39 is 24.5 Å². The minimum Gasteiger partial charge on any atom is -0.387 e. The highest BCUT2D eigenvalue weighted by Crippen LogP contribution is 2.34. The normalized spacial score (nSPS) is 22.1. The number of anilines is 1. The minimum absolute atomic E-state index is 0.419.